The number of hydrogen-bond acceptors (Lipinski definition) is 5. The molecule has 0 saturated carbocycles. The predicted molar refractivity (Wildman–Crippen MR) is 140 cm³/mol. The molecule has 1 atom stereocenters. The molecular weight excluding hydrogens is 458 g/mol. The van der Waals surface area contributed by atoms with E-state index in [0.717, 1.165) is 28.0 Å². The first-order valence-electron chi connectivity index (χ1n) is 11.7. The average Bonchev–Trinajstić information content (AvgIpc) is 2.85. The van der Waals surface area contributed by atoms with Crippen LogP contribution in [0, 0.1) is 13.8 Å². The van der Waals surface area contributed by atoms with Gasteiger partial charge in [-0.15, -0.1) is 0 Å². The second kappa shape index (κ2) is 10.5. The van der Waals surface area contributed by atoms with E-state index in [0.29, 0.717) is 31.6 Å². The second-order valence-corrected chi connectivity index (χ2v) is 11.1. The van der Waals surface area contributed by atoms with Gasteiger partial charge in [0.1, 0.15) is 0 Å². The van der Waals surface area contributed by atoms with Gasteiger partial charge in [0.15, 0.2) is 0 Å². The largest absolute Gasteiger partial charge is 0.411 e. The van der Waals surface area contributed by atoms with Crippen LogP contribution in [0.4, 0.5) is 0 Å². The summed E-state index contributed by atoms with van der Waals surface area (Å²) in [7, 11) is -3.17. The van der Waals surface area contributed by atoms with Gasteiger partial charge in [0, 0.05) is 42.9 Å². The molecule has 182 valence electrons. The van der Waals surface area contributed by atoms with Gasteiger partial charge < -0.3 is 5.21 Å². The number of hydrogen-bond donors (Lipinski definition) is 1. The number of pyridine rings is 1. The Bertz CT molecular complexity index is 1360. The smallest absolute Gasteiger partial charge is 0.211 e. The Kier molecular flexibility index (Phi) is 7.48. The van der Waals surface area contributed by atoms with Crippen molar-refractivity contribution in [1.82, 2.24) is 9.29 Å². The Balaban J connectivity index is 1.65. The zero-order valence-corrected chi connectivity index (χ0v) is 21.2. The molecule has 1 aliphatic heterocycles. The van der Waals surface area contributed by atoms with Crippen molar-refractivity contribution in [2.45, 2.75) is 32.6 Å². The van der Waals surface area contributed by atoms with Crippen molar-refractivity contribution in [3.8, 4) is 0 Å². The molecule has 0 amide bonds. The summed E-state index contributed by atoms with van der Waals surface area (Å²) >= 11 is 0. The van der Waals surface area contributed by atoms with Gasteiger partial charge in [0.05, 0.1) is 12.0 Å². The summed E-state index contributed by atoms with van der Waals surface area (Å²) in [6.45, 7) is 4.93. The molecule has 0 radical (unpaired) electrons. The molecule has 2 heterocycles. The number of aryl methyl sites for hydroxylation is 2. The molecule has 1 N–H and O–H groups in total. The van der Waals surface area contributed by atoms with Crippen molar-refractivity contribution in [3.63, 3.8) is 0 Å². The summed E-state index contributed by atoms with van der Waals surface area (Å²) in [5.74, 6) is 0.00526. The third kappa shape index (κ3) is 5.86. The summed E-state index contributed by atoms with van der Waals surface area (Å²) in [6.07, 6.45) is 6.22. The van der Waals surface area contributed by atoms with Crippen molar-refractivity contribution in [2.24, 2.45) is 5.16 Å². The zero-order valence-electron chi connectivity index (χ0n) is 20.3. The normalized spacial score (nSPS) is 16.1. The maximum Gasteiger partial charge on any atom is 0.211 e. The summed E-state index contributed by atoms with van der Waals surface area (Å²) in [5, 5.41) is 13.6. The van der Waals surface area contributed by atoms with E-state index in [1.165, 1.54) is 21.7 Å². The van der Waals surface area contributed by atoms with Crippen molar-refractivity contribution >= 4 is 21.3 Å². The molecule has 1 aromatic heterocycles. The Hall–Kier alpha value is -3.29. The molecule has 3 aromatic rings. The van der Waals surface area contributed by atoms with Gasteiger partial charge >= 0.3 is 0 Å². The Morgan fingerprint density at radius 3 is 2.46 bits per heavy atom. The van der Waals surface area contributed by atoms with E-state index in [1.54, 1.807) is 6.20 Å². The highest BCUT2D eigenvalue weighted by molar-refractivity contribution is 7.88. The van der Waals surface area contributed by atoms with Gasteiger partial charge in [-0.2, -0.15) is 4.31 Å². The number of rotatable bonds is 7. The van der Waals surface area contributed by atoms with Crippen molar-refractivity contribution < 1.29 is 13.6 Å². The number of oxime groups is 1. The quantitative estimate of drug-likeness (QED) is 0.283. The fraction of sp³-hybridized carbons (Fsp3) is 0.286. The molecule has 0 aliphatic carbocycles. The predicted octanol–water partition coefficient (Wildman–Crippen LogP) is 5.15. The first-order valence-corrected chi connectivity index (χ1v) is 13.5. The molecule has 7 heteroatoms. The summed E-state index contributed by atoms with van der Waals surface area (Å²) in [4.78, 5) is 4.26. The van der Waals surface area contributed by atoms with E-state index in [4.69, 9.17) is 0 Å². The van der Waals surface area contributed by atoms with Crippen LogP contribution in [-0.2, 0) is 10.0 Å². The fourth-order valence-corrected chi connectivity index (χ4v) is 5.43. The Morgan fingerprint density at radius 1 is 1.11 bits per heavy atom. The lowest BCUT2D eigenvalue weighted by Gasteiger charge is -2.25. The third-order valence-corrected chi connectivity index (χ3v) is 7.91. The molecule has 0 spiro atoms. The van der Waals surface area contributed by atoms with E-state index in [9.17, 15) is 13.6 Å². The monoisotopic (exact) mass is 489 g/mol. The zero-order chi connectivity index (χ0) is 25.0. The summed E-state index contributed by atoms with van der Waals surface area (Å²) < 4.78 is 25.1. The van der Waals surface area contributed by atoms with Gasteiger partial charge in [0.25, 0.3) is 0 Å². The van der Waals surface area contributed by atoms with Crippen LogP contribution in [0.5, 0.6) is 0 Å². The van der Waals surface area contributed by atoms with Crippen LogP contribution in [0.2, 0.25) is 0 Å². The van der Waals surface area contributed by atoms with Crippen molar-refractivity contribution in [2.75, 3.05) is 19.3 Å². The highest BCUT2D eigenvalue weighted by Gasteiger charge is 2.22. The van der Waals surface area contributed by atoms with Gasteiger partial charge in [-0.1, -0.05) is 59.8 Å². The number of sulfonamides is 1. The fourth-order valence-electron chi connectivity index (χ4n) is 4.66. The van der Waals surface area contributed by atoms with Crippen LogP contribution in [0.1, 0.15) is 52.3 Å². The van der Waals surface area contributed by atoms with Crippen LogP contribution in [0.25, 0.3) is 5.57 Å². The minimum atomic E-state index is -3.17. The van der Waals surface area contributed by atoms with Crippen molar-refractivity contribution in [1.29, 1.82) is 0 Å². The molecule has 2 aromatic carbocycles. The highest BCUT2D eigenvalue weighted by Crippen LogP contribution is 2.33. The van der Waals surface area contributed by atoms with Gasteiger partial charge in [-0.25, -0.2) is 8.42 Å². The van der Waals surface area contributed by atoms with Gasteiger partial charge in [0.2, 0.25) is 10.0 Å². The Morgan fingerprint density at radius 2 is 1.86 bits per heavy atom. The summed E-state index contributed by atoms with van der Waals surface area (Å²) in [5.41, 5.74) is 8.11. The lowest BCUT2D eigenvalue weighted by Crippen LogP contribution is -2.33. The van der Waals surface area contributed by atoms with E-state index in [1.807, 2.05) is 37.3 Å². The number of aromatic nitrogens is 1. The minimum Gasteiger partial charge on any atom is -0.411 e. The standard InChI is InChI=1S/C28H31N3O3S/c1-20-6-4-5-7-26(20)27(19-28(30-32)25-12-15-29-21(2)18-25)24-10-8-22(9-11-24)23-13-16-31(17-14-23)35(3,33)34/h4-13,15,18,27,32H,14,16-17,19H2,1-3H3/b30-28+/t27-/m1/s1. The first-order chi connectivity index (χ1) is 16.8. The first kappa shape index (κ1) is 24.8. The lowest BCUT2D eigenvalue weighted by atomic mass is 9.83. The van der Waals surface area contributed by atoms with Gasteiger partial charge in [-0.05, 0) is 60.2 Å². The lowest BCUT2D eigenvalue weighted by molar-refractivity contribution is 0.317. The maximum atomic E-state index is 11.8. The van der Waals surface area contributed by atoms with Crippen LogP contribution >= 0.6 is 0 Å². The average molecular weight is 490 g/mol. The van der Waals surface area contributed by atoms with E-state index < -0.39 is 10.0 Å². The van der Waals surface area contributed by atoms with Crippen LogP contribution in [0.15, 0.2) is 78.1 Å². The Labute approximate surface area is 207 Å². The van der Waals surface area contributed by atoms with Crippen LogP contribution in [-0.4, -0.2) is 48.0 Å². The molecule has 6 nitrogen and oxygen atoms in total. The SMILES string of the molecule is Cc1cc(/C(C[C@H](c2ccc(C3=CCN(S(C)(=O)=O)CC3)cc2)c2ccccc2C)=N/O)ccn1. The van der Waals surface area contributed by atoms with Gasteiger partial charge in [-0.3, -0.25) is 4.98 Å². The minimum absolute atomic E-state index is 0.00526. The second-order valence-electron chi connectivity index (χ2n) is 9.07. The van der Waals surface area contributed by atoms with Crippen molar-refractivity contribution in [3.05, 3.63) is 106 Å². The molecule has 0 fully saturated rings. The molecule has 1 aliphatic rings. The van der Waals surface area contributed by atoms with E-state index >= 15 is 0 Å². The topological polar surface area (TPSA) is 82.9 Å². The van der Waals surface area contributed by atoms with E-state index in [2.05, 4.69) is 53.5 Å². The maximum absolute atomic E-state index is 11.8. The molecular formula is C28H31N3O3S. The third-order valence-electron chi connectivity index (χ3n) is 6.64. The number of nitrogens with zero attached hydrogens (tertiary/aromatic N) is 3. The molecule has 35 heavy (non-hydrogen) atoms. The summed E-state index contributed by atoms with van der Waals surface area (Å²) in [6, 6.07) is 20.6. The van der Waals surface area contributed by atoms with Crippen LogP contribution in [0.3, 0.4) is 0 Å². The van der Waals surface area contributed by atoms with Crippen LogP contribution < -0.4 is 0 Å². The number of benzene rings is 2. The molecule has 0 unspecified atom stereocenters. The molecule has 4 rings (SSSR count). The van der Waals surface area contributed by atoms with E-state index in [-0.39, 0.29) is 5.92 Å². The molecule has 0 bridgehead atoms. The molecule has 0 saturated heterocycles. The highest BCUT2D eigenvalue weighted by atomic mass is 32.2.